The van der Waals surface area contributed by atoms with E-state index in [9.17, 15) is 10.1 Å². The third-order valence-corrected chi connectivity index (χ3v) is 4.65. The maximum atomic E-state index is 12.5. The van der Waals surface area contributed by atoms with Crippen molar-refractivity contribution in [2.24, 2.45) is 0 Å². The highest BCUT2D eigenvalue weighted by molar-refractivity contribution is 6.31. The molecule has 3 aromatic rings. The number of carbonyl (C=O) groups excluding carboxylic acids is 1. The number of nitrogens with two attached hydrogens (primary N) is 2. The Hall–Kier alpha value is -2.65. The summed E-state index contributed by atoms with van der Waals surface area (Å²) in [6, 6.07) is 7.61. The van der Waals surface area contributed by atoms with Crippen molar-refractivity contribution >= 4 is 40.2 Å². The largest absolute Gasteiger partial charge is 1.00 e. The number of halogens is 2. The van der Waals surface area contributed by atoms with E-state index in [-0.39, 0.29) is 53.1 Å². The number of imidazole rings is 1. The summed E-state index contributed by atoms with van der Waals surface area (Å²) in [6.07, 6.45) is 0. The number of anilines is 2. The van der Waals surface area contributed by atoms with Crippen molar-refractivity contribution in [3.05, 3.63) is 40.4 Å². The molecular formula is C18H19ClIN7O2. The van der Waals surface area contributed by atoms with Crippen molar-refractivity contribution < 1.29 is 38.1 Å². The van der Waals surface area contributed by atoms with Crippen LogP contribution in [0.2, 0.25) is 5.15 Å². The molecule has 9 nitrogen and oxygen atoms in total. The van der Waals surface area contributed by atoms with E-state index >= 15 is 0 Å². The lowest BCUT2D eigenvalue weighted by molar-refractivity contribution is -0.678. The first-order valence-electron chi connectivity index (χ1n) is 8.61. The lowest BCUT2D eigenvalue weighted by Gasteiger charge is -2.07. The lowest BCUT2D eigenvalue weighted by Crippen LogP contribution is -3.00. The van der Waals surface area contributed by atoms with Gasteiger partial charge in [-0.3, -0.25) is 0 Å². The number of benzene rings is 1. The SMILES string of the molecule is CCn1c(COC(=O)c2nc(Cl)c(N)nc2N)[n+](CC)c2ccc(C#N)cc21.[I-]. The Morgan fingerprint density at radius 1 is 1.31 bits per heavy atom. The summed E-state index contributed by atoms with van der Waals surface area (Å²) in [5.41, 5.74) is 13.5. The summed E-state index contributed by atoms with van der Waals surface area (Å²) in [7, 11) is 0. The zero-order chi connectivity index (χ0) is 20.4. The maximum Gasteiger partial charge on any atom is 0.361 e. The number of carbonyl (C=O) groups is 1. The van der Waals surface area contributed by atoms with Crippen molar-refractivity contribution in [1.82, 2.24) is 14.5 Å². The van der Waals surface area contributed by atoms with Crippen molar-refractivity contribution in [3.8, 4) is 6.07 Å². The highest BCUT2D eigenvalue weighted by Crippen LogP contribution is 2.20. The standard InChI is InChI=1S/C18H18ClN7O2.HI/c1-3-25-11-6-5-10(8-20)7-12(11)26(4-2)13(25)9-28-18(27)14-16(21)24-17(22)15(19)23-14;/h5-7H,3-4,9H2,1-2H3,(H3-,21,22,24,27);1H. The van der Waals surface area contributed by atoms with Crippen LogP contribution in [0.15, 0.2) is 18.2 Å². The van der Waals surface area contributed by atoms with Gasteiger partial charge in [0.15, 0.2) is 40.1 Å². The Morgan fingerprint density at radius 3 is 2.66 bits per heavy atom. The van der Waals surface area contributed by atoms with E-state index in [1.165, 1.54) is 0 Å². The van der Waals surface area contributed by atoms with E-state index in [4.69, 9.17) is 27.8 Å². The highest BCUT2D eigenvalue weighted by Gasteiger charge is 2.26. The van der Waals surface area contributed by atoms with Gasteiger partial charge in [0.2, 0.25) is 0 Å². The first kappa shape index (κ1) is 22.6. The minimum absolute atomic E-state index is 0. The predicted octanol–water partition coefficient (Wildman–Crippen LogP) is -1.19. The normalized spacial score (nSPS) is 10.4. The topological polar surface area (TPSA) is 137 Å². The van der Waals surface area contributed by atoms with E-state index in [2.05, 4.69) is 16.0 Å². The van der Waals surface area contributed by atoms with Gasteiger partial charge < -0.3 is 40.2 Å². The van der Waals surface area contributed by atoms with Gasteiger partial charge in [0.25, 0.3) is 5.82 Å². The van der Waals surface area contributed by atoms with E-state index in [1.807, 2.05) is 35.1 Å². The van der Waals surface area contributed by atoms with Crippen molar-refractivity contribution in [3.63, 3.8) is 0 Å². The van der Waals surface area contributed by atoms with E-state index < -0.39 is 5.97 Å². The van der Waals surface area contributed by atoms with Crippen LogP contribution in [0, 0.1) is 11.3 Å². The van der Waals surface area contributed by atoms with Crippen LogP contribution in [0.25, 0.3) is 11.0 Å². The molecule has 4 N–H and O–H groups in total. The van der Waals surface area contributed by atoms with Crippen LogP contribution >= 0.6 is 11.6 Å². The quantitative estimate of drug-likeness (QED) is 0.242. The average Bonchev–Trinajstić information content (AvgIpc) is 3.00. The molecule has 0 saturated heterocycles. The first-order chi connectivity index (χ1) is 13.4. The lowest BCUT2D eigenvalue weighted by atomic mass is 10.2. The molecule has 0 aliphatic heterocycles. The summed E-state index contributed by atoms with van der Waals surface area (Å²) in [4.78, 5) is 20.1. The number of hydrogen-bond donors (Lipinski definition) is 2. The summed E-state index contributed by atoms with van der Waals surface area (Å²) < 4.78 is 9.46. The number of nitriles is 1. The van der Waals surface area contributed by atoms with E-state index in [1.54, 1.807) is 6.07 Å². The van der Waals surface area contributed by atoms with Gasteiger partial charge in [-0.2, -0.15) is 5.26 Å². The van der Waals surface area contributed by atoms with Crippen molar-refractivity contribution in [1.29, 1.82) is 5.26 Å². The molecule has 0 saturated carbocycles. The fourth-order valence-electron chi connectivity index (χ4n) is 3.11. The fourth-order valence-corrected chi connectivity index (χ4v) is 3.24. The minimum Gasteiger partial charge on any atom is -1.00 e. The van der Waals surface area contributed by atoms with Gasteiger partial charge in [-0.25, -0.2) is 23.9 Å². The second-order valence-corrected chi connectivity index (χ2v) is 6.29. The van der Waals surface area contributed by atoms with E-state index in [0.717, 1.165) is 16.9 Å². The smallest absolute Gasteiger partial charge is 0.361 e. The van der Waals surface area contributed by atoms with Crippen molar-refractivity contribution in [2.75, 3.05) is 11.5 Å². The molecule has 0 bridgehead atoms. The van der Waals surface area contributed by atoms with Crippen LogP contribution in [-0.2, 0) is 24.4 Å². The third-order valence-electron chi connectivity index (χ3n) is 4.37. The zero-order valence-electron chi connectivity index (χ0n) is 15.8. The molecular weight excluding hydrogens is 509 g/mol. The maximum absolute atomic E-state index is 12.5. The predicted molar refractivity (Wildman–Crippen MR) is 103 cm³/mol. The minimum atomic E-state index is -0.750. The highest BCUT2D eigenvalue weighted by atomic mass is 127. The molecule has 0 fully saturated rings. The molecule has 29 heavy (non-hydrogen) atoms. The molecule has 11 heteroatoms. The van der Waals surface area contributed by atoms with Gasteiger partial charge in [0, 0.05) is 6.07 Å². The van der Waals surface area contributed by atoms with Gasteiger partial charge in [-0.15, -0.1) is 0 Å². The summed E-state index contributed by atoms with van der Waals surface area (Å²) >= 11 is 5.83. The van der Waals surface area contributed by atoms with Crippen LogP contribution in [0.3, 0.4) is 0 Å². The van der Waals surface area contributed by atoms with Crippen LogP contribution in [0.1, 0.15) is 35.7 Å². The molecule has 0 aliphatic rings. The van der Waals surface area contributed by atoms with Gasteiger partial charge in [-0.05, 0) is 26.0 Å². The Balaban J connectivity index is 0.00000300. The van der Waals surface area contributed by atoms with Crippen LogP contribution in [0.5, 0.6) is 0 Å². The number of aryl methyl sites for hydroxylation is 2. The molecule has 0 radical (unpaired) electrons. The summed E-state index contributed by atoms with van der Waals surface area (Å²) in [6.45, 7) is 5.26. The molecule has 0 atom stereocenters. The molecule has 0 aliphatic carbocycles. The van der Waals surface area contributed by atoms with Gasteiger partial charge in [-0.1, -0.05) is 11.6 Å². The number of nitrogen functional groups attached to an aromatic ring is 2. The number of nitrogens with zero attached hydrogens (tertiary/aromatic N) is 5. The molecule has 0 unspecified atom stereocenters. The molecule has 2 heterocycles. The first-order valence-corrected chi connectivity index (χ1v) is 8.99. The van der Waals surface area contributed by atoms with E-state index in [0.29, 0.717) is 18.7 Å². The molecule has 2 aromatic heterocycles. The number of esters is 1. The molecule has 1 aromatic carbocycles. The van der Waals surface area contributed by atoms with Gasteiger partial charge in [0.05, 0.1) is 24.7 Å². The van der Waals surface area contributed by atoms with Crippen molar-refractivity contribution in [2.45, 2.75) is 33.5 Å². The molecule has 3 rings (SSSR count). The number of aromatic nitrogens is 4. The Morgan fingerprint density at radius 2 is 2.03 bits per heavy atom. The molecule has 0 amide bonds. The second kappa shape index (κ2) is 9.23. The van der Waals surface area contributed by atoms with Crippen LogP contribution < -0.4 is 40.0 Å². The Kier molecular flexibility index (Phi) is 7.21. The average molecular weight is 528 g/mol. The summed E-state index contributed by atoms with van der Waals surface area (Å²) in [5, 5.41) is 9.07. The van der Waals surface area contributed by atoms with Gasteiger partial charge in [0.1, 0.15) is 0 Å². The number of rotatable bonds is 5. The van der Waals surface area contributed by atoms with Gasteiger partial charge >= 0.3 is 5.97 Å². The zero-order valence-corrected chi connectivity index (χ0v) is 18.7. The Bertz CT molecular complexity index is 1120. The monoisotopic (exact) mass is 527 g/mol. The molecule has 152 valence electrons. The number of hydrogen-bond acceptors (Lipinski definition) is 7. The third kappa shape index (κ3) is 4.20. The Labute approximate surface area is 189 Å². The van der Waals surface area contributed by atoms with Crippen LogP contribution in [0.4, 0.5) is 11.6 Å². The second-order valence-electron chi connectivity index (χ2n) is 5.93. The molecule has 0 spiro atoms. The summed E-state index contributed by atoms with van der Waals surface area (Å²) in [5.74, 6) is -0.180. The number of fused-ring (bicyclic) bond motifs is 1. The fraction of sp³-hybridized carbons (Fsp3) is 0.278. The number of ether oxygens (including phenoxy) is 1. The van der Waals surface area contributed by atoms with Crippen LogP contribution in [-0.4, -0.2) is 20.5 Å².